The van der Waals surface area contributed by atoms with Crippen molar-refractivity contribution in [3.63, 3.8) is 0 Å². The Bertz CT molecular complexity index is 574. The molecule has 0 bridgehead atoms. The molecule has 0 saturated carbocycles. The van der Waals surface area contributed by atoms with Crippen LogP contribution in [0.4, 0.5) is 0 Å². The molecule has 1 heterocycles. The number of nitrogens with one attached hydrogen (secondary N) is 1. The van der Waals surface area contributed by atoms with E-state index < -0.39 is 0 Å². The second kappa shape index (κ2) is 7.07. The van der Waals surface area contributed by atoms with Gasteiger partial charge in [0, 0.05) is 40.5 Å². The topological polar surface area (TPSA) is 29.9 Å². The highest BCUT2D eigenvalue weighted by Crippen LogP contribution is 2.25. The smallest absolute Gasteiger partial charge is 0.0946 e. The van der Waals surface area contributed by atoms with E-state index in [1.54, 1.807) is 0 Å². The minimum Gasteiger partial charge on any atom is -0.336 e. The molecule has 2 aromatic rings. The van der Waals surface area contributed by atoms with Crippen molar-refractivity contribution in [3.05, 3.63) is 51.4 Å². The van der Waals surface area contributed by atoms with Crippen LogP contribution >= 0.6 is 31.9 Å². The lowest BCUT2D eigenvalue weighted by Gasteiger charge is -2.32. The average molecular weight is 415 g/mol. The standard InChI is InChI=1S/C16H21Br2N3/c1-16(2,3)15(10-21-7-6-19-11-21)20-9-12-4-5-13(17)14(18)8-12/h4-8,11,15,20H,9-10H2,1-3H3. The number of halogens is 2. The van der Waals surface area contributed by atoms with Gasteiger partial charge in [0.2, 0.25) is 0 Å². The van der Waals surface area contributed by atoms with Crippen molar-refractivity contribution in [3.8, 4) is 0 Å². The molecule has 114 valence electrons. The van der Waals surface area contributed by atoms with Gasteiger partial charge in [0.1, 0.15) is 0 Å². The molecule has 1 unspecified atom stereocenters. The summed E-state index contributed by atoms with van der Waals surface area (Å²) in [6, 6.07) is 6.73. The number of rotatable bonds is 5. The Labute approximate surface area is 143 Å². The normalized spacial score (nSPS) is 13.4. The Morgan fingerprint density at radius 2 is 2.00 bits per heavy atom. The van der Waals surface area contributed by atoms with E-state index in [4.69, 9.17) is 0 Å². The lowest BCUT2D eigenvalue weighted by molar-refractivity contribution is 0.240. The lowest BCUT2D eigenvalue weighted by atomic mass is 9.86. The monoisotopic (exact) mass is 413 g/mol. The van der Waals surface area contributed by atoms with Crippen LogP contribution in [0, 0.1) is 5.41 Å². The van der Waals surface area contributed by atoms with E-state index in [1.165, 1.54) is 5.56 Å². The Balaban J connectivity index is 2.03. The molecule has 0 aliphatic carbocycles. The number of hydrogen-bond acceptors (Lipinski definition) is 2. The molecule has 21 heavy (non-hydrogen) atoms. The third kappa shape index (κ3) is 4.94. The van der Waals surface area contributed by atoms with Crippen LogP contribution in [-0.2, 0) is 13.1 Å². The molecule has 1 aromatic carbocycles. The van der Waals surface area contributed by atoms with Crippen molar-refractivity contribution in [2.75, 3.05) is 0 Å². The van der Waals surface area contributed by atoms with Crippen molar-refractivity contribution < 1.29 is 0 Å². The van der Waals surface area contributed by atoms with Gasteiger partial charge in [-0.05, 0) is 55.0 Å². The minimum absolute atomic E-state index is 0.177. The minimum atomic E-state index is 0.177. The van der Waals surface area contributed by atoms with E-state index in [-0.39, 0.29) is 5.41 Å². The predicted octanol–water partition coefficient (Wildman–Crippen LogP) is 4.61. The van der Waals surface area contributed by atoms with Crippen LogP contribution in [0.15, 0.2) is 45.9 Å². The molecule has 0 fully saturated rings. The maximum atomic E-state index is 4.12. The first-order valence-corrected chi connectivity index (χ1v) is 8.58. The third-order valence-electron chi connectivity index (χ3n) is 3.53. The molecule has 0 radical (unpaired) electrons. The molecule has 0 aliphatic rings. The molecule has 1 N–H and O–H groups in total. The second-order valence-corrected chi connectivity index (χ2v) is 8.02. The summed E-state index contributed by atoms with van der Waals surface area (Å²) in [4.78, 5) is 4.12. The maximum absolute atomic E-state index is 4.12. The molecule has 5 heteroatoms. The van der Waals surface area contributed by atoms with Crippen LogP contribution in [0.2, 0.25) is 0 Å². The van der Waals surface area contributed by atoms with Gasteiger partial charge in [-0.3, -0.25) is 0 Å². The van der Waals surface area contributed by atoms with Crippen molar-refractivity contribution in [1.82, 2.24) is 14.9 Å². The molecule has 0 spiro atoms. The van der Waals surface area contributed by atoms with Gasteiger partial charge in [-0.25, -0.2) is 4.98 Å². The first kappa shape index (κ1) is 16.7. The quantitative estimate of drug-likeness (QED) is 0.773. The summed E-state index contributed by atoms with van der Waals surface area (Å²) in [6.45, 7) is 8.56. The molecule has 0 amide bonds. The summed E-state index contributed by atoms with van der Waals surface area (Å²) in [7, 11) is 0. The predicted molar refractivity (Wildman–Crippen MR) is 94.2 cm³/mol. The van der Waals surface area contributed by atoms with Gasteiger partial charge >= 0.3 is 0 Å². The van der Waals surface area contributed by atoms with E-state index in [9.17, 15) is 0 Å². The summed E-state index contributed by atoms with van der Waals surface area (Å²) >= 11 is 7.06. The fraction of sp³-hybridized carbons (Fsp3) is 0.438. The van der Waals surface area contributed by atoms with Crippen LogP contribution in [0.3, 0.4) is 0 Å². The van der Waals surface area contributed by atoms with Crippen molar-refractivity contribution in [2.45, 2.75) is 39.9 Å². The van der Waals surface area contributed by atoms with E-state index in [0.29, 0.717) is 6.04 Å². The molecule has 0 aliphatic heterocycles. The van der Waals surface area contributed by atoms with Gasteiger partial charge in [-0.2, -0.15) is 0 Å². The molecule has 0 saturated heterocycles. The average Bonchev–Trinajstić information content (AvgIpc) is 2.90. The highest BCUT2D eigenvalue weighted by atomic mass is 79.9. The number of benzene rings is 1. The number of hydrogen-bond donors (Lipinski definition) is 1. The summed E-state index contributed by atoms with van der Waals surface area (Å²) in [5.74, 6) is 0. The first-order valence-electron chi connectivity index (χ1n) is 6.99. The molecule has 1 atom stereocenters. The highest BCUT2D eigenvalue weighted by molar-refractivity contribution is 9.13. The van der Waals surface area contributed by atoms with Crippen LogP contribution in [0.1, 0.15) is 26.3 Å². The van der Waals surface area contributed by atoms with Gasteiger partial charge in [0.25, 0.3) is 0 Å². The summed E-state index contributed by atoms with van der Waals surface area (Å²) in [5.41, 5.74) is 1.45. The van der Waals surface area contributed by atoms with Crippen molar-refractivity contribution in [2.24, 2.45) is 5.41 Å². The fourth-order valence-electron chi connectivity index (χ4n) is 2.14. The Morgan fingerprint density at radius 1 is 1.24 bits per heavy atom. The molecular formula is C16H21Br2N3. The van der Waals surface area contributed by atoms with Crippen LogP contribution in [0.25, 0.3) is 0 Å². The summed E-state index contributed by atoms with van der Waals surface area (Å²) < 4.78 is 4.29. The largest absolute Gasteiger partial charge is 0.336 e. The zero-order valence-electron chi connectivity index (χ0n) is 12.6. The van der Waals surface area contributed by atoms with E-state index >= 15 is 0 Å². The van der Waals surface area contributed by atoms with Gasteiger partial charge in [-0.15, -0.1) is 0 Å². The van der Waals surface area contributed by atoms with E-state index in [1.807, 2.05) is 18.7 Å². The van der Waals surface area contributed by atoms with Crippen LogP contribution in [-0.4, -0.2) is 15.6 Å². The molecule has 3 nitrogen and oxygen atoms in total. The van der Waals surface area contributed by atoms with Gasteiger partial charge in [-0.1, -0.05) is 26.8 Å². The number of aromatic nitrogens is 2. The van der Waals surface area contributed by atoms with Gasteiger partial charge in [0.05, 0.1) is 6.33 Å². The number of nitrogens with zero attached hydrogens (tertiary/aromatic N) is 2. The summed E-state index contributed by atoms with van der Waals surface area (Å²) in [5, 5.41) is 3.68. The Morgan fingerprint density at radius 3 is 2.57 bits per heavy atom. The maximum Gasteiger partial charge on any atom is 0.0946 e. The van der Waals surface area contributed by atoms with E-state index in [0.717, 1.165) is 22.0 Å². The Kier molecular flexibility index (Phi) is 5.63. The lowest BCUT2D eigenvalue weighted by Crippen LogP contribution is -2.42. The van der Waals surface area contributed by atoms with Crippen LogP contribution in [0.5, 0.6) is 0 Å². The highest BCUT2D eigenvalue weighted by Gasteiger charge is 2.24. The molecular weight excluding hydrogens is 394 g/mol. The van der Waals surface area contributed by atoms with Crippen molar-refractivity contribution in [1.29, 1.82) is 0 Å². The first-order chi connectivity index (χ1) is 9.86. The van der Waals surface area contributed by atoms with Gasteiger partial charge in [0.15, 0.2) is 0 Å². The zero-order valence-corrected chi connectivity index (χ0v) is 15.8. The SMILES string of the molecule is CC(C)(C)C(Cn1ccnc1)NCc1ccc(Br)c(Br)c1. The van der Waals surface area contributed by atoms with Gasteiger partial charge < -0.3 is 9.88 Å². The Hall–Kier alpha value is -0.650. The second-order valence-electron chi connectivity index (χ2n) is 6.31. The third-order valence-corrected chi connectivity index (χ3v) is 5.41. The molecule has 2 rings (SSSR count). The fourth-order valence-corrected chi connectivity index (χ4v) is 2.81. The summed E-state index contributed by atoms with van der Waals surface area (Å²) in [6.07, 6.45) is 5.71. The molecule has 1 aromatic heterocycles. The van der Waals surface area contributed by atoms with Crippen molar-refractivity contribution >= 4 is 31.9 Å². The van der Waals surface area contributed by atoms with Crippen LogP contribution < -0.4 is 5.32 Å². The van der Waals surface area contributed by atoms with E-state index in [2.05, 4.69) is 85.7 Å². The number of imidazole rings is 1. The zero-order chi connectivity index (χ0) is 15.5.